The van der Waals surface area contributed by atoms with Gasteiger partial charge in [0.15, 0.2) is 5.78 Å². The summed E-state index contributed by atoms with van der Waals surface area (Å²) < 4.78 is 5.36. The molecule has 2 aromatic rings. The number of aryl methyl sites for hydroxylation is 1. The molecule has 1 unspecified atom stereocenters. The number of hydrogen-bond donors (Lipinski definition) is 0. The molecule has 0 N–H and O–H groups in total. The van der Waals surface area contributed by atoms with Crippen molar-refractivity contribution in [2.45, 2.75) is 19.8 Å². The molecule has 2 rings (SSSR count). The molecule has 0 spiro atoms. The zero-order valence-corrected chi connectivity index (χ0v) is 12.2. The smallest absolute Gasteiger partial charge is 0.184 e. The normalized spacial score (nSPS) is 11.5. The minimum atomic E-state index is -0.789. The van der Waals surface area contributed by atoms with E-state index in [1.54, 1.807) is 36.4 Å². The first-order chi connectivity index (χ1) is 10.2. The molecule has 0 aliphatic rings. The average Bonchev–Trinajstić information content (AvgIpc) is 2.50. The summed E-state index contributed by atoms with van der Waals surface area (Å²) in [4.78, 5) is 12.4. The zero-order valence-electron chi connectivity index (χ0n) is 12.2. The molecule has 3 nitrogen and oxygen atoms in total. The Morgan fingerprint density at radius 2 is 1.76 bits per heavy atom. The molecule has 0 radical (unpaired) electrons. The number of nitriles is 1. The van der Waals surface area contributed by atoms with E-state index >= 15 is 0 Å². The summed E-state index contributed by atoms with van der Waals surface area (Å²) in [7, 11) is 0. The highest BCUT2D eigenvalue weighted by Crippen LogP contribution is 2.23. The van der Waals surface area contributed by atoms with Crippen molar-refractivity contribution in [3.8, 4) is 11.8 Å². The summed E-state index contributed by atoms with van der Waals surface area (Å²) in [6.45, 7) is 4.46. The summed E-state index contributed by atoms with van der Waals surface area (Å²) in [5.74, 6) is -0.231. The van der Waals surface area contributed by atoms with Crippen LogP contribution in [0.2, 0.25) is 0 Å². The van der Waals surface area contributed by atoms with Crippen LogP contribution in [0.25, 0.3) is 0 Å². The number of ether oxygens (including phenoxy) is 1. The van der Waals surface area contributed by atoms with Gasteiger partial charge in [-0.05, 0) is 31.5 Å². The number of nitrogens with zero attached hydrogens (tertiary/aromatic N) is 1. The van der Waals surface area contributed by atoms with E-state index in [1.807, 2.05) is 26.0 Å². The van der Waals surface area contributed by atoms with Gasteiger partial charge in [-0.15, -0.1) is 0 Å². The Balaban J connectivity index is 2.24. The van der Waals surface area contributed by atoms with Crippen LogP contribution < -0.4 is 4.74 Å². The van der Waals surface area contributed by atoms with Crippen molar-refractivity contribution in [2.75, 3.05) is 6.61 Å². The van der Waals surface area contributed by atoms with E-state index in [0.717, 1.165) is 11.3 Å². The summed E-state index contributed by atoms with van der Waals surface area (Å²) in [6.07, 6.45) is 0. The first-order valence-corrected chi connectivity index (χ1v) is 6.89. The summed E-state index contributed by atoms with van der Waals surface area (Å²) >= 11 is 0. The lowest BCUT2D eigenvalue weighted by Crippen LogP contribution is -2.11. The lowest BCUT2D eigenvalue weighted by molar-refractivity contribution is 0.0979. The fraction of sp³-hybridized carbons (Fsp3) is 0.222. The molecule has 1 atom stereocenters. The molecule has 0 aromatic heterocycles. The van der Waals surface area contributed by atoms with Gasteiger partial charge in [0.2, 0.25) is 0 Å². The third-order valence-corrected chi connectivity index (χ3v) is 3.25. The van der Waals surface area contributed by atoms with Crippen molar-refractivity contribution in [1.29, 1.82) is 5.26 Å². The molecule has 3 heteroatoms. The molecule has 0 aliphatic heterocycles. The van der Waals surface area contributed by atoms with Crippen LogP contribution in [0.15, 0.2) is 48.5 Å². The average molecular weight is 279 g/mol. The lowest BCUT2D eigenvalue weighted by Gasteiger charge is -2.10. The van der Waals surface area contributed by atoms with Gasteiger partial charge in [0.1, 0.15) is 11.7 Å². The molecule has 0 fully saturated rings. The second-order valence-corrected chi connectivity index (χ2v) is 4.79. The van der Waals surface area contributed by atoms with Crippen LogP contribution >= 0.6 is 0 Å². The number of benzene rings is 2. The van der Waals surface area contributed by atoms with Crippen molar-refractivity contribution < 1.29 is 9.53 Å². The van der Waals surface area contributed by atoms with Gasteiger partial charge >= 0.3 is 0 Å². The van der Waals surface area contributed by atoms with Crippen LogP contribution in [0.5, 0.6) is 5.75 Å². The SMILES string of the molecule is CCOc1ccc(C(C#N)C(=O)c2ccc(C)cc2)cc1. The molecule has 0 saturated heterocycles. The van der Waals surface area contributed by atoms with Crippen LogP contribution in [-0.2, 0) is 0 Å². The van der Waals surface area contributed by atoms with Gasteiger partial charge in [-0.25, -0.2) is 0 Å². The third kappa shape index (κ3) is 3.49. The topological polar surface area (TPSA) is 50.1 Å². The molecule has 21 heavy (non-hydrogen) atoms. The summed E-state index contributed by atoms with van der Waals surface area (Å²) in [6, 6.07) is 16.5. The fourth-order valence-electron chi connectivity index (χ4n) is 2.09. The molecule has 0 bridgehead atoms. The molecular weight excluding hydrogens is 262 g/mol. The maximum atomic E-state index is 12.4. The summed E-state index contributed by atoms with van der Waals surface area (Å²) in [5.41, 5.74) is 2.33. The zero-order chi connectivity index (χ0) is 15.2. The molecule has 0 saturated carbocycles. The van der Waals surface area contributed by atoms with Gasteiger partial charge in [-0.2, -0.15) is 5.26 Å². The Labute approximate surface area is 124 Å². The van der Waals surface area contributed by atoms with Crippen molar-refractivity contribution in [3.05, 3.63) is 65.2 Å². The molecule has 0 heterocycles. The Morgan fingerprint density at radius 1 is 1.14 bits per heavy atom. The second kappa shape index (κ2) is 6.71. The largest absolute Gasteiger partial charge is 0.494 e. The third-order valence-electron chi connectivity index (χ3n) is 3.25. The minimum Gasteiger partial charge on any atom is -0.494 e. The van der Waals surface area contributed by atoms with E-state index in [0.29, 0.717) is 17.7 Å². The van der Waals surface area contributed by atoms with E-state index in [1.165, 1.54) is 0 Å². The highest BCUT2D eigenvalue weighted by atomic mass is 16.5. The van der Waals surface area contributed by atoms with Crippen molar-refractivity contribution >= 4 is 5.78 Å². The Kier molecular flexibility index (Phi) is 4.73. The Morgan fingerprint density at radius 3 is 2.29 bits per heavy atom. The Hall–Kier alpha value is -2.60. The fourth-order valence-corrected chi connectivity index (χ4v) is 2.09. The van der Waals surface area contributed by atoms with E-state index in [4.69, 9.17) is 4.74 Å². The molecule has 106 valence electrons. The van der Waals surface area contributed by atoms with Gasteiger partial charge in [-0.3, -0.25) is 4.79 Å². The van der Waals surface area contributed by atoms with Crippen LogP contribution in [0.4, 0.5) is 0 Å². The van der Waals surface area contributed by atoms with Gasteiger partial charge in [-0.1, -0.05) is 42.0 Å². The highest BCUT2D eigenvalue weighted by Gasteiger charge is 2.21. The van der Waals surface area contributed by atoms with Gasteiger partial charge in [0.25, 0.3) is 0 Å². The first-order valence-electron chi connectivity index (χ1n) is 6.89. The maximum absolute atomic E-state index is 12.4. The number of hydrogen-bond acceptors (Lipinski definition) is 3. The van der Waals surface area contributed by atoms with Crippen molar-refractivity contribution in [2.24, 2.45) is 0 Å². The first kappa shape index (κ1) is 14.8. The predicted molar refractivity (Wildman–Crippen MR) is 81.5 cm³/mol. The summed E-state index contributed by atoms with van der Waals surface area (Å²) in [5, 5.41) is 9.34. The maximum Gasteiger partial charge on any atom is 0.184 e. The number of Topliss-reactive ketones (excluding diaryl/α,β-unsaturated/α-hetero) is 1. The number of carbonyl (C=O) groups excluding carboxylic acids is 1. The van der Waals surface area contributed by atoms with Crippen LogP contribution in [-0.4, -0.2) is 12.4 Å². The second-order valence-electron chi connectivity index (χ2n) is 4.79. The van der Waals surface area contributed by atoms with E-state index in [-0.39, 0.29) is 5.78 Å². The monoisotopic (exact) mass is 279 g/mol. The number of ketones is 1. The van der Waals surface area contributed by atoms with Gasteiger partial charge < -0.3 is 4.74 Å². The van der Waals surface area contributed by atoms with Crippen molar-refractivity contribution in [1.82, 2.24) is 0 Å². The van der Waals surface area contributed by atoms with E-state index < -0.39 is 5.92 Å². The lowest BCUT2D eigenvalue weighted by atomic mass is 9.91. The van der Waals surface area contributed by atoms with Crippen LogP contribution in [0, 0.1) is 18.3 Å². The number of rotatable bonds is 5. The van der Waals surface area contributed by atoms with Crippen molar-refractivity contribution in [3.63, 3.8) is 0 Å². The number of carbonyl (C=O) groups is 1. The molecule has 0 aliphatic carbocycles. The van der Waals surface area contributed by atoms with E-state index in [9.17, 15) is 10.1 Å². The molecule has 0 amide bonds. The minimum absolute atomic E-state index is 0.179. The van der Waals surface area contributed by atoms with Gasteiger partial charge in [0.05, 0.1) is 12.7 Å². The molecular formula is C18H17NO2. The highest BCUT2D eigenvalue weighted by molar-refractivity contribution is 6.02. The molecule has 2 aromatic carbocycles. The van der Waals surface area contributed by atoms with Crippen LogP contribution in [0.1, 0.15) is 34.3 Å². The van der Waals surface area contributed by atoms with Gasteiger partial charge in [0, 0.05) is 5.56 Å². The van der Waals surface area contributed by atoms with Crippen LogP contribution in [0.3, 0.4) is 0 Å². The standard InChI is InChI=1S/C18H17NO2/c1-3-21-16-10-8-14(9-11-16)17(12-19)18(20)15-6-4-13(2)5-7-15/h4-11,17H,3H2,1-2H3. The Bertz CT molecular complexity index is 651. The van der Waals surface area contributed by atoms with E-state index in [2.05, 4.69) is 6.07 Å². The predicted octanol–water partition coefficient (Wildman–Crippen LogP) is 3.88. The quantitative estimate of drug-likeness (QED) is 0.780.